The summed E-state index contributed by atoms with van der Waals surface area (Å²) in [5.41, 5.74) is 2.52. The monoisotopic (exact) mass is 441 g/mol. The van der Waals surface area contributed by atoms with Crippen LogP contribution in [0, 0.1) is 23.8 Å². The second-order valence-corrected chi connectivity index (χ2v) is 8.08. The van der Waals surface area contributed by atoms with Crippen LogP contribution >= 0.6 is 0 Å². The number of fused-ring (bicyclic) bond motifs is 1. The van der Waals surface area contributed by atoms with Gasteiger partial charge in [0, 0.05) is 36.0 Å². The van der Waals surface area contributed by atoms with Gasteiger partial charge in [-0.25, -0.2) is 11.4 Å². The van der Waals surface area contributed by atoms with Crippen LogP contribution in [-0.4, -0.2) is 34.6 Å². The van der Waals surface area contributed by atoms with Gasteiger partial charge in [0.1, 0.15) is 11.8 Å². The lowest BCUT2D eigenvalue weighted by Crippen LogP contribution is -2.38. The molecule has 0 aliphatic carbocycles. The first-order chi connectivity index (χ1) is 16.0. The topological polar surface area (TPSA) is 103 Å². The normalized spacial score (nSPS) is 16.1. The lowest BCUT2D eigenvalue weighted by atomic mass is 9.99. The van der Waals surface area contributed by atoms with Crippen LogP contribution in [0.2, 0.25) is 0 Å². The van der Waals surface area contributed by atoms with Gasteiger partial charge in [-0.3, -0.25) is 19.9 Å². The smallest absolute Gasteiger partial charge is 0.410 e. The predicted molar refractivity (Wildman–Crippen MR) is 123 cm³/mol. The van der Waals surface area contributed by atoms with E-state index in [1.165, 1.54) is 0 Å². The van der Waals surface area contributed by atoms with Gasteiger partial charge in [0.15, 0.2) is 0 Å². The molecule has 8 nitrogen and oxygen atoms in total. The highest BCUT2D eigenvalue weighted by Gasteiger charge is 2.35. The number of carbonyl (C=O) groups is 2. The zero-order valence-corrected chi connectivity index (χ0v) is 18.2. The third-order valence-electron chi connectivity index (χ3n) is 5.83. The summed E-state index contributed by atoms with van der Waals surface area (Å²) >= 11 is 0. The van der Waals surface area contributed by atoms with Gasteiger partial charge >= 0.3 is 12.3 Å². The van der Waals surface area contributed by atoms with E-state index in [4.69, 9.17) is 16.6 Å². The number of nitriles is 1. The number of anilines is 1. The Labute approximate surface area is 191 Å². The van der Waals surface area contributed by atoms with Gasteiger partial charge in [-0.2, -0.15) is 5.26 Å². The second-order valence-electron chi connectivity index (χ2n) is 8.08. The summed E-state index contributed by atoms with van der Waals surface area (Å²) < 4.78 is 5.43. The molecule has 0 bridgehead atoms. The van der Waals surface area contributed by atoms with Crippen LogP contribution in [0.5, 0.6) is 5.75 Å². The molecule has 1 aromatic heterocycles. The van der Waals surface area contributed by atoms with Crippen molar-refractivity contribution < 1.29 is 14.3 Å². The van der Waals surface area contributed by atoms with Gasteiger partial charge in [0.25, 0.3) is 0 Å². The molecule has 1 aliphatic rings. The van der Waals surface area contributed by atoms with Crippen LogP contribution in [0.4, 0.5) is 10.5 Å². The van der Waals surface area contributed by atoms with Crippen LogP contribution < -0.4 is 10.1 Å². The lowest BCUT2D eigenvalue weighted by Gasteiger charge is -2.20. The summed E-state index contributed by atoms with van der Waals surface area (Å²) in [6.07, 6.45) is 2.91. The Kier molecular flexibility index (Phi) is 6.28. The number of aromatic nitrogens is 1. The number of benzene rings is 2. The molecule has 2 N–H and O–H groups in total. The Morgan fingerprint density at radius 3 is 2.97 bits per heavy atom. The van der Waals surface area contributed by atoms with E-state index in [1.807, 2.05) is 25.3 Å². The molecule has 2 heterocycles. The molecule has 8 heteroatoms. The van der Waals surface area contributed by atoms with Gasteiger partial charge < -0.3 is 9.72 Å². The van der Waals surface area contributed by atoms with Gasteiger partial charge in [-0.05, 0) is 48.7 Å². The number of likely N-dealkylation sites (tertiary alicyclic amines) is 1. The molecule has 0 saturated carbocycles. The molecule has 2 atom stereocenters. The van der Waals surface area contributed by atoms with Crippen molar-refractivity contribution >= 4 is 28.6 Å². The quantitative estimate of drug-likeness (QED) is 0.560. The van der Waals surface area contributed by atoms with E-state index >= 15 is 0 Å². The number of hydrogen-bond donors (Lipinski definition) is 2. The van der Waals surface area contributed by atoms with Crippen molar-refractivity contribution in [2.24, 2.45) is 5.92 Å². The molecule has 1 fully saturated rings. The number of nitrogens with one attached hydrogen (secondary N) is 2. The fourth-order valence-corrected chi connectivity index (χ4v) is 4.16. The lowest BCUT2D eigenvalue weighted by molar-refractivity contribution is -0.135. The molecule has 1 saturated heterocycles. The summed E-state index contributed by atoms with van der Waals surface area (Å²) in [6.45, 7) is 9.81. The number of aromatic amines is 1. The number of H-pyrrole nitrogens is 1. The van der Waals surface area contributed by atoms with Gasteiger partial charge in [0.05, 0.1) is 11.3 Å². The zero-order valence-electron chi connectivity index (χ0n) is 18.2. The third-order valence-corrected chi connectivity index (χ3v) is 5.83. The summed E-state index contributed by atoms with van der Waals surface area (Å²) in [5.74, 6) is 0.0642. The first-order valence-corrected chi connectivity index (χ1v) is 10.7. The maximum atomic E-state index is 12.9. The van der Waals surface area contributed by atoms with Crippen molar-refractivity contribution in [2.45, 2.75) is 32.4 Å². The number of para-hydroxylation sites is 1. The number of ether oxygens (including phenoxy) is 1. The summed E-state index contributed by atoms with van der Waals surface area (Å²) in [6, 6.07) is 13.9. The van der Waals surface area contributed by atoms with E-state index in [1.54, 1.807) is 41.3 Å². The van der Waals surface area contributed by atoms with E-state index in [9.17, 15) is 9.59 Å². The molecule has 33 heavy (non-hydrogen) atoms. The average Bonchev–Trinajstić information content (AvgIpc) is 3.46. The second kappa shape index (κ2) is 9.46. The third kappa shape index (κ3) is 4.65. The molecule has 2 aromatic carbocycles. The van der Waals surface area contributed by atoms with Crippen LogP contribution in [0.15, 0.2) is 48.7 Å². The standard InChI is InChI=1S/C25H23N5O3/c1-16(24(31)30-11-5-8-23(30)27-2)12-18-15-28-22-10-9-19(13-20(18)22)33-25(32)29-21-7-4-3-6-17(21)14-26/h3-4,6-7,9-10,13,15-16,23,28H,5,8,11-12H2,1H3,(H,29,32)/t16-,23-/m0/s1. The highest BCUT2D eigenvalue weighted by molar-refractivity contribution is 5.90. The molecule has 0 radical (unpaired) electrons. The maximum Gasteiger partial charge on any atom is 0.417 e. The Balaban J connectivity index is 1.47. The fraction of sp³-hybridized carbons (Fsp3) is 0.280. The highest BCUT2D eigenvalue weighted by atomic mass is 16.6. The van der Waals surface area contributed by atoms with E-state index in [2.05, 4.69) is 15.1 Å². The van der Waals surface area contributed by atoms with Crippen molar-refractivity contribution in [1.29, 1.82) is 5.26 Å². The van der Waals surface area contributed by atoms with E-state index in [-0.39, 0.29) is 18.0 Å². The minimum Gasteiger partial charge on any atom is -0.410 e. The van der Waals surface area contributed by atoms with Gasteiger partial charge in [0.2, 0.25) is 5.91 Å². The average molecular weight is 441 g/mol. The molecule has 2 amide bonds. The largest absolute Gasteiger partial charge is 0.417 e. The van der Waals surface area contributed by atoms with Gasteiger partial charge in [-0.15, -0.1) is 0 Å². The summed E-state index contributed by atoms with van der Waals surface area (Å²) in [4.78, 5) is 33.7. The Hall–Kier alpha value is -4.30. The van der Waals surface area contributed by atoms with E-state index in [0.29, 0.717) is 30.0 Å². The Morgan fingerprint density at radius 1 is 1.36 bits per heavy atom. The van der Waals surface area contributed by atoms with Crippen LogP contribution in [-0.2, 0) is 11.2 Å². The number of nitrogens with zero attached hydrogens (tertiary/aromatic N) is 3. The highest BCUT2D eigenvalue weighted by Crippen LogP contribution is 2.28. The van der Waals surface area contributed by atoms with Crippen molar-refractivity contribution in [2.75, 3.05) is 11.9 Å². The Bertz CT molecular complexity index is 1280. The SMILES string of the molecule is [C-]#[N+][C@@H]1CCCN1C(=O)[C@@H](C)Cc1c[nH]c2ccc(OC(=O)Nc3ccccc3C#N)cc12. The predicted octanol–water partition coefficient (Wildman–Crippen LogP) is 4.70. The number of hydrogen-bond acceptors (Lipinski definition) is 4. The first kappa shape index (κ1) is 21.9. The number of rotatable bonds is 5. The number of amides is 2. The van der Waals surface area contributed by atoms with Crippen molar-refractivity contribution in [1.82, 2.24) is 9.88 Å². The number of carbonyl (C=O) groups excluding carboxylic acids is 2. The van der Waals surface area contributed by atoms with Crippen LogP contribution in [0.1, 0.15) is 30.9 Å². The van der Waals surface area contributed by atoms with E-state index in [0.717, 1.165) is 29.3 Å². The molecule has 0 unspecified atom stereocenters. The minimum atomic E-state index is -0.697. The van der Waals surface area contributed by atoms with Crippen LogP contribution in [0.25, 0.3) is 15.7 Å². The molecule has 1 aliphatic heterocycles. The van der Waals surface area contributed by atoms with E-state index < -0.39 is 6.09 Å². The minimum absolute atomic E-state index is 0.00853. The van der Waals surface area contributed by atoms with Crippen LogP contribution in [0.3, 0.4) is 0 Å². The molecular weight excluding hydrogens is 418 g/mol. The molecular formula is C25H23N5O3. The van der Waals surface area contributed by atoms with Crippen molar-refractivity contribution in [3.05, 3.63) is 71.2 Å². The molecule has 0 spiro atoms. The van der Waals surface area contributed by atoms with Crippen molar-refractivity contribution in [3.8, 4) is 11.8 Å². The first-order valence-electron chi connectivity index (χ1n) is 10.7. The molecule has 4 rings (SSSR count). The fourth-order valence-electron chi connectivity index (χ4n) is 4.16. The Morgan fingerprint density at radius 2 is 2.18 bits per heavy atom. The van der Waals surface area contributed by atoms with Gasteiger partial charge in [-0.1, -0.05) is 19.1 Å². The summed E-state index contributed by atoms with van der Waals surface area (Å²) in [5, 5.41) is 12.6. The van der Waals surface area contributed by atoms with Crippen molar-refractivity contribution in [3.63, 3.8) is 0 Å². The summed E-state index contributed by atoms with van der Waals surface area (Å²) in [7, 11) is 0. The molecule has 3 aromatic rings. The maximum absolute atomic E-state index is 12.9. The zero-order chi connectivity index (χ0) is 23.4. The molecule has 166 valence electrons.